The van der Waals surface area contributed by atoms with E-state index in [0.717, 1.165) is 0 Å². The molecule has 0 fully saturated rings. The number of hydrogen-bond donors (Lipinski definition) is 0. The summed E-state index contributed by atoms with van der Waals surface area (Å²) in [5, 5.41) is 0. The minimum Gasteiger partial charge on any atom is -0.189 e. The molecule has 3 aromatic rings. The van der Waals surface area contributed by atoms with Crippen LogP contribution in [0.25, 0.3) is 10.5 Å². The molecule has 0 bridgehead atoms. The van der Waals surface area contributed by atoms with Crippen LogP contribution in [0.1, 0.15) is 16.7 Å². The summed E-state index contributed by atoms with van der Waals surface area (Å²) >= 11 is 0. The Morgan fingerprint density at radius 1 is 0.583 bits per heavy atom. The van der Waals surface area contributed by atoms with Gasteiger partial charge in [-0.2, -0.15) is 8.42 Å². The fourth-order valence-electron chi connectivity index (χ4n) is 2.64. The first-order valence-corrected chi connectivity index (χ1v) is 8.81. The molecule has 0 unspecified atom stereocenters. The zero-order valence-corrected chi connectivity index (χ0v) is 13.6. The van der Waals surface area contributed by atoms with Crippen molar-refractivity contribution in [1.29, 1.82) is 0 Å². The number of rotatable bonds is 4. The molecule has 0 N–H and O–H groups in total. The van der Waals surface area contributed by atoms with Crippen LogP contribution in [0.4, 0.5) is 3.89 Å². The predicted octanol–water partition coefficient (Wildman–Crippen LogP) is 4.90. The smallest absolute Gasteiger partial charge is 0.189 e. The average molecular weight is 338 g/mol. The minimum atomic E-state index is -4.93. The molecular weight excluding hydrogens is 323 g/mol. The lowest BCUT2D eigenvalue weighted by molar-refractivity contribution is 0.564. The van der Waals surface area contributed by atoms with E-state index >= 15 is 0 Å². The van der Waals surface area contributed by atoms with Crippen LogP contribution < -0.4 is 0 Å². The quantitative estimate of drug-likeness (QED) is 0.501. The average Bonchev–Trinajstić information content (AvgIpc) is 2.61. The van der Waals surface area contributed by atoms with Crippen LogP contribution in [0.15, 0.2) is 91.0 Å². The highest BCUT2D eigenvalue weighted by molar-refractivity contribution is 7.96. The van der Waals surface area contributed by atoms with Crippen LogP contribution in [0.3, 0.4) is 0 Å². The monoisotopic (exact) mass is 338 g/mol. The molecule has 3 aromatic carbocycles. The Labute approximate surface area is 141 Å². The Kier molecular flexibility index (Phi) is 4.58. The van der Waals surface area contributed by atoms with Crippen LogP contribution >= 0.6 is 0 Å². The summed E-state index contributed by atoms with van der Waals surface area (Å²) in [6.07, 6.45) is 0. The van der Waals surface area contributed by atoms with E-state index in [0.29, 0.717) is 22.3 Å². The van der Waals surface area contributed by atoms with Crippen LogP contribution in [0.2, 0.25) is 0 Å². The molecule has 2 nitrogen and oxygen atoms in total. The minimum absolute atomic E-state index is 0.319. The van der Waals surface area contributed by atoms with Gasteiger partial charge in [0, 0.05) is 5.57 Å². The second kappa shape index (κ2) is 6.81. The second-order valence-electron chi connectivity index (χ2n) is 5.24. The third kappa shape index (κ3) is 3.44. The van der Waals surface area contributed by atoms with E-state index in [-0.39, 0.29) is 4.91 Å². The van der Waals surface area contributed by atoms with Gasteiger partial charge in [-0.15, -0.1) is 3.89 Å². The Balaban J connectivity index is 2.42. The maximum Gasteiger partial charge on any atom is 0.333 e. The molecule has 0 saturated heterocycles. The molecule has 0 atom stereocenters. The summed E-state index contributed by atoms with van der Waals surface area (Å²) in [5.41, 5.74) is 1.96. The molecule has 0 saturated carbocycles. The van der Waals surface area contributed by atoms with Gasteiger partial charge in [-0.1, -0.05) is 91.0 Å². The van der Waals surface area contributed by atoms with E-state index in [1.54, 1.807) is 78.9 Å². The van der Waals surface area contributed by atoms with Crippen molar-refractivity contribution in [3.05, 3.63) is 108 Å². The van der Waals surface area contributed by atoms with E-state index < -0.39 is 10.2 Å². The normalized spacial score (nSPS) is 11.0. The van der Waals surface area contributed by atoms with Crippen molar-refractivity contribution in [3.8, 4) is 0 Å². The van der Waals surface area contributed by atoms with Gasteiger partial charge < -0.3 is 0 Å². The van der Waals surface area contributed by atoms with Gasteiger partial charge in [0.05, 0.1) is 0 Å². The summed E-state index contributed by atoms with van der Waals surface area (Å²) in [6, 6.07) is 26.3. The fraction of sp³-hybridized carbons (Fsp3) is 0. The van der Waals surface area contributed by atoms with Gasteiger partial charge in [0.2, 0.25) is 0 Å². The third-order valence-corrected chi connectivity index (χ3v) is 4.56. The lowest BCUT2D eigenvalue weighted by Gasteiger charge is -2.14. The topological polar surface area (TPSA) is 34.1 Å². The highest BCUT2D eigenvalue weighted by atomic mass is 32.3. The molecule has 0 aliphatic heterocycles. The first-order valence-electron chi connectivity index (χ1n) is 7.42. The van der Waals surface area contributed by atoms with E-state index in [4.69, 9.17) is 0 Å². The van der Waals surface area contributed by atoms with E-state index in [1.165, 1.54) is 0 Å². The van der Waals surface area contributed by atoms with Crippen molar-refractivity contribution >= 4 is 20.7 Å². The summed E-state index contributed by atoms with van der Waals surface area (Å²) < 4.78 is 38.3. The molecule has 0 spiro atoms. The molecule has 0 amide bonds. The van der Waals surface area contributed by atoms with Gasteiger partial charge in [0.1, 0.15) is 4.91 Å². The predicted molar refractivity (Wildman–Crippen MR) is 95.3 cm³/mol. The molecule has 24 heavy (non-hydrogen) atoms. The van der Waals surface area contributed by atoms with Crippen LogP contribution in [-0.4, -0.2) is 8.42 Å². The maximum absolute atomic E-state index is 14.3. The van der Waals surface area contributed by atoms with Crippen molar-refractivity contribution in [3.63, 3.8) is 0 Å². The van der Waals surface area contributed by atoms with Gasteiger partial charge in [-0.3, -0.25) is 0 Å². The van der Waals surface area contributed by atoms with Crippen molar-refractivity contribution < 1.29 is 12.3 Å². The first-order chi connectivity index (χ1) is 11.6. The zero-order chi connectivity index (χ0) is 17.0. The van der Waals surface area contributed by atoms with Gasteiger partial charge in [-0.25, -0.2) is 0 Å². The van der Waals surface area contributed by atoms with Gasteiger partial charge in [0.15, 0.2) is 0 Å². The summed E-state index contributed by atoms with van der Waals surface area (Å²) in [6.45, 7) is 0. The van der Waals surface area contributed by atoms with E-state index in [9.17, 15) is 12.3 Å². The van der Waals surface area contributed by atoms with Crippen molar-refractivity contribution in [1.82, 2.24) is 0 Å². The Morgan fingerprint density at radius 2 is 0.917 bits per heavy atom. The lowest BCUT2D eigenvalue weighted by Crippen LogP contribution is -2.02. The lowest BCUT2D eigenvalue weighted by atomic mass is 9.95. The first kappa shape index (κ1) is 16.1. The van der Waals surface area contributed by atoms with E-state index in [2.05, 4.69) is 0 Å². The third-order valence-electron chi connectivity index (χ3n) is 3.63. The second-order valence-corrected chi connectivity index (χ2v) is 6.52. The molecule has 3 rings (SSSR count). The fourth-order valence-corrected chi connectivity index (χ4v) is 3.53. The molecule has 0 aliphatic rings. The molecule has 4 heteroatoms. The summed E-state index contributed by atoms with van der Waals surface area (Å²) in [5.74, 6) is 0. The molecule has 0 radical (unpaired) electrons. The SMILES string of the molecule is O=S(=O)(F)C(=C(c1ccccc1)c1ccccc1)c1ccccc1. The van der Waals surface area contributed by atoms with Crippen molar-refractivity contribution in [2.75, 3.05) is 0 Å². The standard InChI is InChI=1S/C20H15FO2S/c21-24(22,23)20(18-14-8-3-9-15-18)19(16-10-4-1-5-11-16)17-12-6-2-7-13-17/h1-15H. The molecule has 0 aromatic heterocycles. The van der Waals surface area contributed by atoms with E-state index in [1.807, 2.05) is 12.1 Å². The van der Waals surface area contributed by atoms with Crippen LogP contribution in [-0.2, 0) is 10.2 Å². The Hall–Kier alpha value is -2.72. The largest absolute Gasteiger partial charge is 0.333 e. The van der Waals surface area contributed by atoms with Crippen molar-refractivity contribution in [2.45, 2.75) is 0 Å². The highest BCUT2D eigenvalue weighted by Gasteiger charge is 2.25. The number of hydrogen-bond acceptors (Lipinski definition) is 2. The summed E-state index contributed by atoms with van der Waals surface area (Å²) in [7, 11) is -4.93. The molecular formula is C20H15FO2S. The zero-order valence-electron chi connectivity index (χ0n) is 12.8. The van der Waals surface area contributed by atoms with Gasteiger partial charge >= 0.3 is 10.2 Å². The van der Waals surface area contributed by atoms with Crippen molar-refractivity contribution in [2.24, 2.45) is 0 Å². The Bertz CT molecular complexity index is 907. The van der Waals surface area contributed by atoms with Gasteiger partial charge in [-0.05, 0) is 16.7 Å². The maximum atomic E-state index is 14.3. The Morgan fingerprint density at radius 3 is 1.25 bits per heavy atom. The van der Waals surface area contributed by atoms with Crippen LogP contribution in [0, 0.1) is 0 Å². The van der Waals surface area contributed by atoms with Gasteiger partial charge in [0.25, 0.3) is 0 Å². The summed E-state index contributed by atoms with van der Waals surface area (Å²) in [4.78, 5) is -0.319. The van der Waals surface area contributed by atoms with Crippen LogP contribution in [0.5, 0.6) is 0 Å². The number of benzene rings is 3. The molecule has 120 valence electrons. The molecule has 0 aliphatic carbocycles. The highest BCUT2D eigenvalue weighted by Crippen LogP contribution is 2.36. The molecule has 0 heterocycles. The number of halogens is 1.